The van der Waals surface area contributed by atoms with E-state index in [2.05, 4.69) is 10.5 Å². The second-order valence-corrected chi connectivity index (χ2v) is 3.99. The summed E-state index contributed by atoms with van der Waals surface area (Å²) in [4.78, 5) is 0. The van der Waals surface area contributed by atoms with Crippen molar-refractivity contribution in [3.63, 3.8) is 0 Å². The molecule has 0 aliphatic rings. The maximum Gasteiger partial charge on any atom is 0.139 e. The Hall–Kier alpha value is -1.42. The monoisotopic (exact) mass is 241 g/mol. The summed E-state index contributed by atoms with van der Waals surface area (Å²) in [6, 6.07) is 5.83. The smallest absolute Gasteiger partial charge is 0.139 e. The highest BCUT2D eigenvalue weighted by Gasteiger charge is 1.98. The van der Waals surface area contributed by atoms with E-state index in [0.29, 0.717) is 6.42 Å². The average Bonchev–Trinajstić information content (AvgIpc) is 2.28. The molecule has 0 atom stereocenters. The maximum absolute atomic E-state index is 8.34. The molecule has 5 heteroatoms. The number of rotatable bonds is 5. The van der Waals surface area contributed by atoms with Crippen LogP contribution in [0.15, 0.2) is 23.4 Å². The summed E-state index contributed by atoms with van der Waals surface area (Å²) in [5, 5.41) is 15.2. The van der Waals surface area contributed by atoms with Gasteiger partial charge in [0, 0.05) is 23.7 Å². The highest BCUT2D eigenvalue weighted by Crippen LogP contribution is 2.19. The van der Waals surface area contributed by atoms with Crippen LogP contribution in [0.3, 0.4) is 0 Å². The van der Waals surface area contributed by atoms with E-state index in [0.717, 1.165) is 29.2 Å². The molecule has 0 radical (unpaired) electrons. The van der Waals surface area contributed by atoms with Crippen LogP contribution in [-0.2, 0) is 0 Å². The highest BCUT2D eigenvalue weighted by molar-refractivity contribution is 6.31. The van der Waals surface area contributed by atoms with Gasteiger partial charge in [-0.25, -0.2) is 0 Å². The molecule has 0 amide bonds. The molecule has 0 aromatic heterocycles. The standard InChI is InChI=1S/C11H16ClN3O/c1-8-4-5-9(7-10(8)12)14-6-2-3-11(13)15-16/h4-5,7,14,16H,2-3,6H2,1H3,(H2,13,15). The molecule has 0 fully saturated rings. The molecule has 0 unspecified atom stereocenters. The molecule has 0 aliphatic carbocycles. The van der Waals surface area contributed by atoms with E-state index in [1.54, 1.807) is 0 Å². The molecule has 1 aromatic carbocycles. The van der Waals surface area contributed by atoms with Crippen molar-refractivity contribution < 1.29 is 5.21 Å². The lowest BCUT2D eigenvalue weighted by molar-refractivity contribution is 0.316. The SMILES string of the molecule is Cc1ccc(NCCCC(N)=NO)cc1Cl. The Bertz CT molecular complexity index is 379. The van der Waals surface area contributed by atoms with Crippen molar-refractivity contribution in [2.45, 2.75) is 19.8 Å². The van der Waals surface area contributed by atoms with Crippen LogP contribution < -0.4 is 11.1 Å². The molecule has 0 aliphatic heterocycles. The first-order valence-electron chi connectivity index (χ1n) is 5.10. The Morgan fingerprint density at radius 2 is 2.31 bits per heavy atom. The number of oxime groups is 1. The van der Waals surface area contributed by atoms with E-state index < -0.39 is 0 Å². The summed E-state index contributed by atoms with van der Waals surface area (Å²) in [5.74, 6) is 0.253. The molecule has 4 nitrogen and oxygen atoms in total. The zero-order chi connectivity index (χ0) is 12.0. The predicted octanol–water partition coefficient (Wildman–Crippen LogP) is 2.59. The predicted molar refractivity (Wildman–Crippen MR) is 67.3 cm³/mol. The van der Waals surface area contributed by atoms with E-state index >= 15 is 0 Å². The van der Waals surface area contributed by atoms with E-state index in [9.17, 15) is 0 Å². The number of nitrogens with one attached hydrogen (secondary N) is 1. The highest BCUT2D eigenvalue weighted by atomic mass is 35.5. The van der Waals surface area contributed by atoms with Gasteiger partial charge < -0.3 is 16.3 Å². The summed E-state index contributed by atoms with van der Waals surface area (Å²) in [7, 11) is 0. The first kappa shape index (κ1) is 12.6. The molecule has 0 heterocycles. The number of hydrogen-bond acceptors (Lipinski definition) is 3. The number of anilines is 1. The van der Waals surface area contributed by atoms with Crippen molar-refractivity contribution in [2.75, 3.05) is 11.9 Å². The Balaban J connectivity index is 2.35. The van der Waals surface area contributed by atoms with Gasteiger partial charge in [0.25, 0.3) is 0 Å². The van der Waals surface area contributed by atoms with Gasteiger partial charge in [0.15, 0.2) is 0 Å². The first-order valence-corrected chi connectivity index (χ1v) is 5.47. The second kappa shape index (κ2) is 6.23. The molecular formula is C11H16ClN3O. The van der Waals surface area contributed by atoms with Gasteiger partial charge in [-0.1, -0.05) is 22.8 Å². The number of benzene rings is 1. The fraction of sp³-hybridized carbons (Fsp3) is 0.364. The summed E-state index contributed by atoms with van der Waals surface area (Å²) in [6.45, 7) is 2.72. The number of nitrogens with zero attached hydrogens (tertiary/aromatic N) is 1. The Labute approximate surface area is 100 Å². The summed E-state index contributed by atoms with van der Waals surface area (Å²) in [5.41, 5.74) is 7.39. The fourth-order valence-electron chi connectivity index (χ4n) is 1.26. The van der Waals surface area contributed by atoms with Crippen LogP contribution in [0.1, 0.15) is 18.4 Å². The Morgan fingerprint density at radius 1 is 1.56 bits per heavy atom. The van der Waals surface area contributed by atoms with Gasteiger partial charge in [0.1, 0.15) is 5.84 Å². The lowest BCUT2D eigenvalue weighted by Crippen LogP contribution is -2.13. The average molecular weight is 242 g/mol. The Kier molecular flexibility index (Phi) is 4.92. The third-order valence-electron chi connectivity index (χ3n) is 2.24. The molecule has 4 N–H and O–H groups in total. The van der Waals surface area contributed by atoms with Gasteiger partial charge in [0.05, 0.1) is 0 Å². The minimum Gasteiger partial charge on any atom is -0.409 e. The molecule has 0 spiro atoms. The van der Waals surface area contributed by atoms with Crippen LogP contribution in [-0.4, -0.2) is 17.6 Å². The van der Waals surface area contributed by atoms with Gasteiger partial charge in [-0.2, -0.15) is 0 Å². The van der Waals surface area contributed by atoms with E-state index in [1.165, 1.54) is 0 Å². The third kappa shape index (κ3) is 3.98. The topological polar surface area (TPSA) is 70.6 Å². The van der Waals surface area contributed by atoms with Crippen molar-refractivity contribution in [1.82, 2.24) is 0 Å². The van der Waals surface area contributed by atoms with E-state index in [4.69, 9.17) is 22.5 Å². The van der Waals surface area contributed by atoms with Crippen molar-refractivity contribution in [3.8, 4) is 0 Å². The molecule has 1 aromatic rings. The van der Waals surface area contributed by atoms with Crippen LogP contribution in [0.4, 0.5) is 5.69 Å². The maximum atomic E-state index is 8.34. The van der Waals surface area contributed by atoms with Crippen molar-refractivity contribution in [2.24, 2.45) is 10.9 Å². The van der Waals surface area contributed by atoms with E-state index in [1.807, 2.05) is 25.1 Å². The van der Waals surface area contributed by atoms with Gasteiger partial charge in [-0.05, 0) is 31.0 Å². The lowest BCUT2D eigenvalue weighted by Gasteiger charge is -2.07. The zero-order valence-electron chi connectivity index (χ0n) is 9.20. The van der Waals surface area contributed by atoms with Gasteiger partial charge in [0.2, 0.25) is 0 Å². The van der Waals surface area contributed by atoms with Crippen molar-refractivity contribution in [1.29, 1.82) is 0 Å². The molecule has 88 valence electrons. The second-order valence-electron chi connectivity index (χ2n) is 3.59. The van der Waals surface area contributed by atoms with E-state index in [-0.39, 0.29) is 5.84 Å². The van der Waals surface area contributed by atoms with Gasteiger partial charge in [-0.3, -0.25) is 0 Å². The lowest BCUT2D eigenvalue weighted by atomic mass is 10.2. The number of amidine groups is 1. The number of hydrogen-bond donors (Lipinski definition) is 3. The van der Waals surface area contributed by atoms with Gasteiger partial charge in [-0.15, -0.1) is 0 Å². The summed E-state index contributed by atoms with van der Waals surface area (Å²) in [6.07, 6.45) is 1.38. The fourth-order valence-corrected chi connectivity index (χ4v) is 1.44. The normalized spacial score (nSPS) is 11.5. The molecule has 0 saturated carbocycles. The number of aryl methyl sites for hydroxylation is 1. The van der Waals surface area contributed by atoms with Crippen LogP contribution >= 0.6 is 11.6 Å². The molecule has 0 bridgehead atoms. The van der Waals surface area contributed by atoms with Crippen LogP contribution in [0.25, 0.3) is 0 Å². The molecule has 1 rings (SSSR count). The van der Waals surface area contributed by atoms with Crippen LogP contribution in [0.5, 0.6) is 0 Å². The third-order valence-corrected chi connectivity index (χ3v) is 2.65. The molecule has 0 saturated heterocycles. The van der Waals surface area contributed by atoms with Crippen LogP contribution in [0, 0.1) is 6.92 Å². The minimum absolute atomic E-state index is 0.253. The quantitative estimate of drug-likeness (QED) is 0.244. The Morgan fingerprint density at radius 3 is 2.94 bits per heavy atom. The minimum atomic E-state index is 0.253. The summed E-state index contributed by atoms with van der Waals surface area (Å²) < 4.78 is 0. The van der Waals surface area contributed by atoms with Crippen molar-refractivity contribution in [3.05, 3.63) is 28.8 Å². The van der Waals surface area contributed by atoms with Crippen molar-refractivity contribution >= 4 is 23.1 Å². The number of nitrogens with two attached hydrogens (primary N) is 1. The molecular weight excluding hydrogens is 226 g/mol. The summed E-state index contributed by atoms with van der Waals surface area (Å²) >= 11 is 5.99. The zero-order valence-corrected chi connectivity index (χ0v) is 9.96. The molecule has 16 heavy (non-hydrogen) atoms. The van der Waals surface area contributed by atoms with Gasteiger partial charge >= 0.3 is 0 Å². The largest absolute Gasteiger partial charge is 0.409 e. The first-order chi connectivity index (χ1) is 7.63. The number of halogens is 1. The van der Waals surface area contributed by atoms with Crippen LogP contribution in [0.2, 0.25) is 5.02 Å².